The Morgan fingerprint density at radius 2 is 2.00 bits per heavy atom. The van der Waals surface area contributed by atoms with Gasteiger partial charge in [0.25, 0.3) is 5.91 Å². The lowest BCUT2D eigenvalue weighted by atomic mass is 9.96. The average Bonchev–Trinajstić information content (AvgIpc) is 2.76. The molecule has 1 atom stereocenters. The van der Waals surface area contributed by atoms with Crippen molar-refractivity contribution in [2.45, 2.75) is 13.0 Å². The van der Waals surface area contributed by atoms with Crippen molar-refractivity contribution in [2.24, 2.45) is 0 Å². The lowest BCUT2D eigenvalue weighted by Crippen LogP contribution is -2.36. The third-order valence-corrected chi connectivity index (χ3v) is 3.90. The summed E-state index contributed by atoms with van der Waals surface area (Å²) >= 11 is 0. The number of likely N-dealkylation sites (N-methyl/N-ethyl adjacent to an activating group) is 1. The molecular formula is C17H22N2O4. The number of hydrogen-bond donors (Lipinski definition) is 1. The normalized spacial score (nSPS) is 18.0. The Bertz CT molecular complexity index is 652. The van der Waals surface area contributed by atoms with Crippen LogP contribution in [0.5, 0.6) is 5.75 Å². The smallest absolute Gasteiger partial charge is 0.290 e. The molecule has 1 aromatic rings. The Morgan fingerprint density at radius 3 is 2.57 bits per heavy atom. The summed E-state index contributed by atoms with van der Waals surface area (Å²) in [5.41, 5.74) is 0.814. The second-order valence-electron chi connectivity index (χ2n) is 5.76. The van der Waals surface area contributed by atoms with Gasteiger partial charge in [0.1, 0.15) is 5.75 Å². The Morgan fingerprint density at radius 1 is 1.35 bits per heavy atom. The molecule has 23 heavy (non-hydrogen) atoms. The van der Waals surface area contributed by atoms with Crippen LogP contribution in [0.25, 0.3) is 0 Å². The van der Waals surface area contributed by atoms with Crippen LogP contribution >= 0.6 is 0 Å². The number of methoxy groups -OCH3 is 1. The lowest BCUT2D eigenvalue weighted by Gasteiger charge is -2.28. The van der Waals surface area contributed by atoms with Crippen molar-refractivity contribution in [3.63, 3.8) is 0 Å². The highest BCUT2D eigenvalue weighted by atomic mass is 16.5. The molecule has 1 aromatic carbocycles. The number of aliphatic hydroxyl groups is 1. The second kappa shape index (κ2) is 6.83. The minimum atomic E-state index is -0.629. The molecule has 124 valence electrons. The number of ketones is 1. The molecule has 1 aliphatic rings. The standard InChI is InChI=1S/C17H22N2O4/c1-11(20)14-15(12-7-5-6-8-13(12)23-4)19(10-9-18(2)3)17(22)16(14)21/h5-8,15,21H,9-10H2,1-4H3/t15-/m0/s1. The first-order chi connectivity index (χ1) is 10.9. The Kier molecular flexibility index (Phi) is 5.05. The third kappa shape index (κ3) is 3.22. The van der Waals surface area contributed by atoms with Gasteiger partial charge in [-0.15, -0.1) is 0 Å². The molecule has 0 saturated heterocycles. The summed E-state index contributed by atoms with van der Waals surface area (Å²) < 4.78 is 5.37. The minimum Gasteiger partial charge on any atom is -0.503 e. The van der Waals surface area contributed by atoms with Crippen molar-refractivity contribution in [2.75, 3.05) is 34.3 Å². The second-order valence-corrected chi connectivity index (χ2v) is 5.76. The molecule has 1 N–H and O–H groups in total. The van der Waals surface area contributed by atoms with Crippen LogP contribution in [0.2, 0.25) is 0 Å². The van der Waals surface area contributed by atoms with Crippen LogP contribution < -0.4 is 4.74 Å². The summed E-state index contributed by atoms with van der Waals surface area (Å²) in [5, 5.41) is 10.2. The fourth-order valence-electron chi connectivity index (χ4n) is 2.77. The van der Waals surface area contributed by atoms with E-state index < -0.39 is 17.7 Å². The number of hydrogen-bond acceptors (Lipinski definition) is 5. The maximum Gasteiger partial charge on any atom is 0.290 e. The van der Waals surface area contributed by atoms with Gasteiger partial charge < -0.3 is 19.6 Å². The van der Waals surface area contributed by atoms with E-state index in [0.717, 1.165) is 0 Å². The van der Waals surface area contributed by atoms with E-state index in [-0.39, 0.29) is 11.4 Å². The maximum atomic E-state index is 12.4. The summed E-state index contributed by atoms with van der Waals surface area (Å²) in [6.07, 6.45) is 0. The van der Waals surface area contributed by atoms with Crippen LogP contribution in [-0.2, 0) is 9.59 Å². The molecule has 0 saturated carbocycles. The number of rotatable bonds is 6. The first kappa shape index (κ1) is 17.0. The predicted octanol–water partition coefficient (Wildman–Crippen LogP) is 1.54. The van der Waals surface area contributed by atoms with Crippen molar-refractivity contribution in [3.05, 3.63) is 41.2 Å². The molecule has 1 heterocycles. The Balaban J connectivity index is 2.51. The van der Waals surface area contributed by atoms with Crippen LogP contribution in [0, 0.1) is 0 Å². The van der Waals surface area contributed by atoms with Gasteiger partial charge in [0, 0.05) is 18.7 Å². The van der Waals surface area contributed by atoms with E-state index in [1.54, 1.807) is 12.1 Å². The lowest BCUT2D eigenvalue weighted by molar-refractivity contribution is -0.129. The molecule has 0 unspecified atom stereocenters. The first-order valence-electron chi connectivity index (χ1n) is 7.41. The fourth-order valence-corrected chi connectivity index (χ4v) is 2.77. The maximum absolute atomic E-state index is 12.4. The molecule has 1 aliphatic heterocycles. The number of aliphatic hydroxyl groups excluding tert-OH is 1. The van der Waals surface area contributed by atoms with Crippen LogP contribution in [0.1, 0.15) is 18.5 Å². The van der Waals surface area contributed by atoms with Crippen molar-refractivity contribution in [1.82, 2.24) is 9.80 Å². The number of carbonyl (C=O) groups is 2. The molecule has 0 spiro atoms. The van der Waals surface area contributed by atoms with Crippen LogP contribution in [0.3, 0.4) is 0 Å². The van der Waals surface area contributed by atoms with Crippen molar-refractivity contribution in [3.8, 4) is 5.75 Å². The van der Waals surface area contributed by atoms with Gasteiger partial charge in [-0.05, 0) is 27.1 Å². The van der Waals surface area contributed by atoms with Gasteiger partial charge in [0.2, 0.25) is 0 Å². The highest BCUT2D eigenvalue weighted by Crippen LogP contribution is 2.40. The van der Waals surface area contributed by atoms with Crippen LogP contribution in [-0.4, -0.2) is 60.9 Å². The molecule has 0 aliphatic carbocycles. The highest BCUT2D eigenvalue weighted by Gasteiger charge is 2.43. The van der Waals surface area contributed by atoms with E-state index in [2.05, 4.69) is 0 Å². The van der Waals surface area contributed by atoms with E-state index >= 15 is 0 Å². The molecule has 6 heteroatoms. The van der Waals surface area contributed by atoms with E-state index in [9.17, 15) is 14.7 Å². The van der Waals surface area contributed by atoms with Gasteiger partial charge in [0.05, 0.1) is 18.7 Å². The van der Waals surface area contributed by atoms with E-state index in [0.29, 0.717) is 24.4 Å². The number of Topliss-reactive ketones (excluding diaryl/α,β-unsaturated/α-hetero) is 1. The van der Waals surface area contributed by atoms with Crippen LogP contribution in [0.4, 0.5) is 0 Å². The molecule has 0 radical (unpaired) electrons. The SMILES string of the molecule is COc1ccccc1[C@H]1C(C(C)=O)=C(O)C(=O)N1CCN(C)C. The quantitative estimate of drug-likeness (QED) is 0.861. The van der Waals surface area contributed by atoms with E-state index in [4.69, 9.17) is 4.74 Å². The molecule has 0 fully saturated rings. The number of nitrogens with zero attached hydrogens (tertiary/aromatic N) is 2. The van der Waals surface area contributed by atoms with Gasteiger partial charge in [0.15, 0.2) is 11.5 Å². The van der Waals surface area contributed by atoms with E-state index in [1.165, 1.54) is 18.9 Å². The first-order valence-corrected chi connectivity index (χ1v) is 7.41. The summed E-state index contributed by atoms with van der Waals surface area (Å²) in [7, 11) is 5.34. The van der Waals surface area contributed by atoms with Crippen molar-refractivity contribution < 1.29 is 19.4 Å². The molecular weight excluding hydrogens is 296 g/mol. The number of benzene rings is 1. The minimum absolute atomic E-state index is 0.123. The van der Waals surface area contributed by atoms with Gasteiger partial charge in [-0.25, -0.2) is 0 Å². The zero-order chi connectivity index (χ0) is 17.1. The fraction of sp³-hybridized carbons (Fsp3) is 0.412. The van der Waals surface area contributed by atoms with Crippen molar-refractivity contribution >= 4 is 11.7 Å². The summed E-state index contributed by atoms with van der Waals surface area (Å²) in [6.45, 7) is 2.38. The third-order valence-electron chi connectivity index (χ3n) is 3.90. The largest absolute Gasteiger partial charge is 0.503 e. The van der Waals surface area contributed by atoms with Gasteiger partial charge in [-0.2, -0.15) is 0 Å². The number of carbonyl (C=O) groups excluding carboxylic acids is 2. The average molecular weight is 318 g/mol. The molecule has 1 amide bonds. The Hall–Kier alpha value is -2.34. The zero-order valence-electron chi connectivity index (χ0n) is 13.9. The monoisotopic (exact) mass is 318 g/mol. The molecule has 2 rings (SSSR count). The summed E-state index contributed by atoms with van der Waals surface area (Å²) in [4.78, 5) is 27.9. The summed E-state index contributed by atoms with van der Waals surface area (Å²) in [5.74, 6) is -0.729. The van der Waals surface area contributed by atoms with E-state index in [1.807, 2.05) is 31.1 Å². The number of ether oxygens (including phenoxy) is 1. The number of para-hydroxylation sites is 1. The van der Waals surface area contributed by atoms with Crippen LogP contribution in [0.15, 0.2) is 35.6 Å². The molecule has 0 aromatic heterocycles. The molecule has 6 nitrogen and oxygen atoms in total. The topological polar surface area (TPSA) is 70.1 Å². The zero-order valence-corrected chi connectivity index (χ0v) is 13.9. The van der Waals surface area contributed by atoms with Gasteiger partial charge in [-0.3, -0.25) is 9.59 Å². The van der Waals surface area contributed by atoms with Gasteiger partial charge in [-0.1, -0.05) is 18.2 Å². The van der Waals surface area contributed by atoms with Gasteiger partial charge >= 0.3 is 0 Å². The molecule has 0 bridgehead atoms. The predicted molar refractivity (Wildman–Crippen MR) is 86.3 cm³/mol. The van der Waals surface area contributed by atoms with Crippen molar-refractivity contribution in [1.29, 1.82) is 0 Å². The Labute approximate surface area is 136 Å². The highest BCUT2D eigenvalue weighted by molar-refractivity contribution is 6.08. The number of amides is 1. The summed E-state index contributed by atoms with van der Waals surface area (Å²) in [6, 6.07) is 6.59.